The Morgan fingerprint density at radius 2 is 1.63 bits per heavy atom. The molecular weight excluding hydrogens is 406 g/mol. The van der Waals surface area contributed by atoms with Crippen LogP contribution in [0, 0.1) is 0 Å². The lowest BCUT2D eigenvalue weighted by Gasteiger charge is -2.34. The highest BCUT2D eigenvalue weighted by molar-refractivity contribution is 7.89. The second-order valence-electron chi connectivity index (χ2n) is 8.17. The lowest BCUT2D eigenvalue weighted by molar-refractivity contribution is -0.139. The van der Waals surface area contributed by atoms with Crippen molar-refractivity contribution in [2.24, 2.45) is 5.73 Å². The Bertz CT molecular complexity index is 842. The molecule has 1 saturated carbocycles. The summed E-state index contributed by atoms with van der Waals surface area (Å²) in [7, 11) is -3.60. The van der Waals surface area contributed by atoms with Gasteiger partial charge in [-0.1, -0.05) is 31.4 Å². The summed E-state index contributed by atoms with van der Waals surface area (Å²) in [5.74, 6) is -0.798. The normalized spacial score (nSPS) is 20.1. The fourth-order valence-electron chi connectivity index (χ4n) is 4.24. The number of carboxylic acid groups (broad SMARTS) is 1. The Morgan fingerprint density at radius 1 is 1.03 bits per heavy atom. The maximum absolute atomic E-state index is 13.0. The number of piperazine rings is 1. The zero-order chi connectivity index (χ0) is 21.7. The Kier molecular flexibility index (Phi) is 7.49. The number of rotatable bonds is 7. The van der Waals surface area contributed by atoms with E-state index in [-0.39, 0.29) is 36.7 Å². The van der Waals surface area contributed by atoms with Crippen molar-refractivity contribution in [2.75, 3.05) is 26.2 Å². The molecule has 0 spiro atoms. The first-order chi connectivity index (χ1) is 14.3. The number of benzene rings is 1. The number of carbonyl (C=O) groups excluding carboxylic acids is 1. The van der Waals surface area contributed by atoms with E-state index in [1.165, 1.54) is 42.0 Å². The number of hydrogen-bond donors (Lipinski definition) is 2. The average Bonchev–Trinajstić information content (AvgIpc) is 2.78. The van der Waals surface area contributed by atoms with E-state index in [1.54, 1.807) is 17.0 Å². The van der Waals surface area contributed by atoms with Gasteiger partial charge in [0, 0.05) is 32.6 Å². The quantitative estimate of drug-likeness (QED) is 0.670. The summed E-state index contributed by atoms with van der Waals surface area (Å²) in [6.07, 6.45) is 6.19. The van der Waals surface area contributed by atoms with Crippen LogP contribution >= 0.6 is 0 Å². The summed E-state index contributed by atoms with van der Waals surface area (Å²) in [6.45, 7) is 1.04. The number of nitrogens with two attached hydrogens (primary N) is 1. The van der Waals surface area contributed by atoms with Gasteiger partial charge < -0.3 is 15.7 Å². The third kappa shape index (κ3) is 5.39. The van der Waals surface area contributed by atoms with Crippen molar-refractivity contribution in [3.63, 3.8) is 0 Å². The van der Waals surface area contributed by atoms with Crippen LogP contribution in [0.25, 0.3) is 0 Å². The van der Waals surface area contributed by atoms with Crippen molar-refractivity contribution in [1.82, 2.24) is 9.21 Å². The van der Waals surface area contributed by atoms with Crippen LogP contribution in [-0.2, 0) is 19.6 Å². The summed E-state index contributed by atoms with van der Waals surface area (Å²) in [4.78, 5) is 24.9. The number of nitrogens with zero attached hydrogens (tertiary/aromatic N) is 2. The zero-order valence-electron chi connectivity index (χ0n) is 17.2. The number of aliphatic carboxylic acids is 1. The summed E-state index contributed by atoms with van der Waals surface area (Å²) in [5.41, 5.74) is 6.65. The molecule has 8 nitrogen and oxygen atoms in total. The van der Waals surface area contributed by atoms with Crippen LogP contribution in [-0.4, -0.2) is 66.8 Å². The van der Waals surface area contributed by atoms with Gasteiger partial charge in [0.25, 0.3) is 0 Å². The summed E-state index contributed by atoms with van der Waals surface area (Å²) in [6, 6.07) is 6.21. The predicted octanol–water partition coefficient (Wildman–Crippen LogP) is 1.76. The fraction of sp³-hybridized carbons (Fsp3) is 0.619. The third-order valence-corrected chi connectivity index (χ3v) is 8.09. The highest BCUT2D eigenvalue weighted by atomic mass is 32.2. The number of hydrogen-bond acceptors (Lipinski definition) is 5. The van der Waals surface area contributed by atoms with E-state index in [2.05, 4.69) is 0 Å². The van der Waals surface area contributed by atoms with E-state index in [1.807, 2.05) is 12.1 Å². The van der Waals surface area contributed by atoms with Crippen LogP contribution in [0.15, 0.2) is 29.2 Å². The van der Waals surface area contributed by atoms with Gasteiger partial charge in [-0.25, -0.2) is 8.42 Å². The lowest BCUT2D eigenvalue weighted by Crippen LogP contribution is -2.50. The minimum Gasteiger partial charge on any atom is -0.480 e. The molecule has 0 aromatic heterocycles. The van der Waals surface area contributed by atoms with E-state index >= 15 is 0 Å². The van der Waals surface area contributed by atoms with Crippen molar-refractivity contribution in [3.8, 4) is 0 Å². The first kappa shape index (κ1) is 22.7. The van der Waals surface area contributed by atoms with Gasteiger partial charge in [-0.15, -0.1) is 0 Å². The fourth-order valence-corrected chi connectivity index (χ4v) is 5.66. The highest BCUT2D eigenvalue weighted by Gasteiger charge is 2.30. The molecule has 30 heavy (non-hydrogen) atoms. The molecule has 1 amide bonds. The largest absolute Gasteiger partial charge is 0.480 e. The van der Waals surface area contributed by atoms with Gasteiger partial charge in [0.2, 0.25) is 15.9 Å². The molecule has 3 N–H and O–H groups in total. The molecular formula is C21H31N3O5S. The predicted molar refractivity (Wildman–Crippen MR) is 112 cm³/mol. The van der Waals surface area contributed by atoms with E-state index in [0.717, 1.165) is 0 Å². The van der Waals surface area contributed by atoms with Crippen LogP contribution in [0.3, 0.4) is 0 Å². The molecule has 2 fully saturated rings. The standard InChI is InChI=1S/C21H31N3O5S/c22-19(21(26)27)10-11-20(25)23-12-14-24(15-13-23)30(28,29)18-8-6-17(7-9-18)16-4-2-1-3-5-16/h6-9,16,19H,1-5,10-15,22H2,(H,26,27)/t19-/m0/s1. The summed E-state index contributed by atoms with van der Waals surface area (Å²) < 4.78 is 27.4. The van der Waals surface area contributed by atoms with Gasteiger partial charge in [0.15, 0.2) is 0 Å². The number of sulfonamides is 1. The highest BCUT2D eigenvalue weighted by Crippen LogP contribution is 2.33. The number of amides is 1. The van der Waals surface area contributed by atoms with Crippen LogP contribution < -0.4 is 5.73 Å². The average molecular weight is 438 g/mol. The molecule has 1 aromatic rings. The molecule has 1 saturated heterocycles. The van der Waals surface area contributed by atoms with Gasteiger partial charge in [0.1, 0.15) is 6.04 Å². The van der Waals surface area contributed by atoms with Gasteiger partial charge in [-0.2, -0.15) is 4.31 Å². The molecule has 3 rings (SSSR count). The molecule has 2 aliphatic rings. The van der Waals surface area contributed by atoms with Crippen LogP contribution in [0.1, 0.15) is 56.4 Å². The molecule has 0 radical (unpaired) electrons. The number of carboxylic acids is 1. The zero-order valence-corrected chi connectivity index (χ0v) is 18.0. The monoisotopic (exact) mass is 437 g/mol. The summed E-state index contributed by atoms with van der Waals surface area (Å²) in [5, 5.41) is 8.81. The SMILES string of the molecule is N[C@@H](CCC(=O)N1CCN(S(=O)(=O)c2ccc(C3CCCCC3)cc2)CC1)C(=O)O. The van der Waals surface area contributed by atoms with Crippen LogP contribution in [0.4, 0.5) is 0 Å². The smallest absolute Gasteiger partial charge is 0.320 e. The van der Waals surface area contributed by atoms with Gasteiger partial charge >= 0.3 is 5.97 Å². The molecule has 0 unspecified atom stereocenters. The molecule has 1 aliphatic carbocycles. The maximum atomic E-state index is 13.0. The van der Waals surface area contributed by atoms with E-state index in [4.69, 9.17) is 10.8 Å². The molecule has 0 bridgehead atoms. The van der Waals surface area contributed by atoms with Crippen molar-refractivity contribution in [1.29, 1.82) is 0 Å². The van der Waals surface area contributed by atoms with Crippen LogP contribution in [0.2, 0.25) is 0 Å². The maximum Gasteiger partial charge on any atom is 0.320 e. The molecule has 1 aliphatic heterocycles. The van der Waals surface area contributed by atoms with Crippen molar-refractivity contribution >= 4 is 21.9 Å². The minimum atomic E-state index is -3.60. The molecule has 1 aromatic carbocycles. The van der Waals surface area contributed by atoms with E-state index in [0.29, 0.717) is 19.0 Å². The van der Waals surface area contributed by atoms with Crippen molar-refractivity contribution in [2.45, 2.75) is 61.8 Å². The molecule has 166 valence electrons. The Morgan fingerprint density at radius 3 is 2.20 bits per heavy atom. The molecule has 1 heterocycles. The number of carbonyl (C=O) groups is 2. The van der Waals surface area contributed by atoms with Crippen LogP contribution in [0.5, 0.6) is 0 Å². The molecule has 1 atom stereocenters. The van der Waals surface area contributed by atoms with Gasteiger partial charge in [-0.3, -0.25) is 9.59 Å². The second-order valence-corrected chi connectivity index (χ2v) is 10.1. The topological polar surface area (TPSA) is 121 Å². The van der Waals surface area contributed by atoms with Gasteiger partial charge in [-0.05, 0) is 42.9 Å². The third-order valence-electron chi connectivity index (χ3n) is 6.17. The van der Waals surface area contributed by atoms with Crippen molar-refractivity contribution in [3.05, 3.63) is 29.8 Å². The van der Waals surface area contributed by atoms with Crippen molar-refractivity contribution < 1.29 is 23.1 Å². The lowest BCUT2D eigenvalue weighted by atomic mass is 9.84. The van der Waals surface area contributed by atoms with E-state index < -0.39 is 22.0 Å². The second kappa shape index (κ2) is 9.89. The first-order valence-electron chi connectivity index (χ1n) is 10.7. The summed E-state index contributed by atoms with van der Waals surface area (Å²) >= 11 is 0. The van der Waals surface area contributed by atoms with E-state index in [9.17, 15) is 18.0 Å². The van der Waals surface area contributed by atoms with Gasteiger partial charge in [0.05, 0.1) is 4.90 Å². The minimum absolute atomic E-state index is 0.0445. The first-order valence-corrected chi connectivity index (χ1v) is 12.1. The Labute approximate surface area is 178 Å². The Hall–Kier alpha value is -1.97. The Balaban J connectivity index is 1.55. The molecule has 9 heteroatoms.